The molecule has 1 aromatic rings. The molecule has 4 heteroatoms. The van der Waals surface area contributed by atoms with E-state index in [2.05, 4.69) is 33.0 Å². The number of nitro benzene ring substituents is 1. The van der Waals surface area contributed by atoms with E-state index < -0.39 is 0 Å². The number of rotatable bonds is 7. The summed E-state index contributed by atoms with van der Waals surface area (Å²) in [7, 11) is 0. The number of hydrogen-bond donors (Lipinski definition) is 1. The minimum absolute atomic E-state index is 0.207. The van der Waals surface area contributed by atoms with Gasteiger partial charge in [-0.25, -0.2) is 0 Å². The molecule has 0 aliphatic rings. The minimum Gasteiger partial charge on any atom is -0.314 e. The first-order valence-corrected chi connectivity index (χ1v) is 7.32. The molecule has 0 fully saturated rings. The number of hydrogen-bond acceptors (Lipinski definition) is 3. The van der Waals surface area contributed by atoms with E-state index in [1.807, 2.05) is 12.1 Å². The minimum atomic E-state index is -0.291. The van der Waals surface area contributed by atoms with Crippen molar-refractivity contribution in [2.24, 2.45) is 5.41 Å². The predicted octanol–water partition coefficient (Wildman–Crippen LogP) is 3.94. The van der Waals surface area contributed by atoms with Gasteiger partial charge in [0.2, 0.25) is 0 Å². The van der Waals surface area contributed by atoms with E-state index in [4.69, 9.17) is 0 Å². The van der Waals surface area contributed by atoms with Crippen molar-refractivity contribution in [1.29, 1.82) is 0 Å². The van der Waals surface area contributed by atoms with Gasteiger partial charge in [-0.1, -0.05) is 45.9 Å². The normalized spacial score (nSPS) is 13.2. The van der Waals surface area contributed by atoms with E-state index >= 15 is 0 Å². The Morgan fingerprint density at radius 1 is 1.30 bits per heavy atom. The van der Waals surface area contributed by atoms with Crippen LogP contribution in [-0.2, 0) is 6.42 Å². The highest BCUT2D eigenvalue weighted by atomic mass is 16.6. The van der Waals surface area contributed by atoms with Gasteiger partial charge in [0.25, 0.3) is 5.69 Å². The summed E-state index contributed by atoms with van der Waals surface area (Å²) in [6.45, 7) is 9.75. The highest BCUT2D eigenvalue weighted by Gasteiger charge is 2.23. The zero-order valence-corrected chi connectivity index (χ0v) is 13.0. The van der Waals surface area contributed by atoms with Crippen molar-refractivity contribution < 1.29 is 4.92 Å². The summed E-state index contributed by atoms with van der Waals surface area (Å²) in [4.78, 5) is 10.7. The second-order valence-electron chi connectivity index (χ2n) is 6.25. The van der Waals surface area contributed by atoms with Gasteiger partial charge in [-0.2, -0.15) is 0 Å². The fraction of sp³-hybridized carbons (Fsp3) is 0.625. The molecular formula is C16H26N2O2. The van der Waals surface area contributed by atoms with Gasteiger partial charge < -0.3 is 5.32 Å². The molecule has 0 aromatic heterocycles. The van der Waals surface area contributed by atoms with Crippen LogP contribution in [0.2, 0.25) is 0 Å². The smallest absolute Gasteiger partial charge is 0.272 e. The summed E-state index contributed by atoms with van der Waals surface area (Å²) in [5.74, 6) is 0. The lowest BCUT2D eigenvalue weighted by atomic mass is 9.83. The van der Waals surface area contributed by atoms with Gasteiger partial charge in [-0.15, -0.1) is 0 Å². The first-order valence-electron chi connectivity index (χ1n) is 7.32. The number of aryl methyl sites for hydroxylation is 1. The lowest BCUT2D eigenvalue weighted by Gasteiger charge is -2.31. The Morgan fingerprint density at radius 3 is 2.50 bits per heavy atom. The van der Waals surface area contributed by atoms with Crippen molar-refractivity contribution in [2.75, 3.05) is 6.54 Å². The topological polar surface area (TPSA) is 55.2 Å². The molecule has 0 amide bonds. The van der Waals surface area contributed by atoms with Gasteiger partial charge >= 0.3 is 0 Å². The zero-order chi connectivity index (χ0) is 15.2. The molecule has 0 radical (unpaired) electrons. The van der Waals surface area contributed by atoms with Crippen LogP contribution in [0.3, 0.4) is 0 Å². The zero-order valence-electron chi connectivity index (χ0n) is 13.0. The second-order valence-corrected chi connectivity index (χ2v) is 6.25. The molecule has 0 spiro atoms. The molecule has 0 heterocycles. The Balaban J connectivity index is 2.61. The molecule has 0 saturated carbocycles. The lowest BCUT2D eigenvalue weighted by Crippen LogP contribution is -2.40. The molecule has 112 valence electrons. The average Bonchev–Trinajstić information content (AvgIpc) is 2.37. The molecule has 1 atom stereocenters. The molecule has 1 rings (SSSR count). The molecule has 1 unspecified atom stereocenters. The lowest BCUT2D eigenvalue weighted by molar-refractivity contribution is -0.385. The summed E-state index contributed by atoms with van der Waals surface area (Å²) in [5, 5.41) is 14.5. The van der Waals surface area contributed by atoms with E-state index in [0.29, 0.717) is 6.04 Å². The van der Waals surface area contributed by atoms with Crippen LogP contribution in [0.15, 0.2) is 24.3 Å². The third-order valence-electron chi connectivity index (χ3n) is 3.62. The fourth-order valence-electron chi connectivity index (χ4n) is 2.48. The SMILES string of the molecule is CCNC(CCCc1ccccc1[N+](=O)[O-])C(C)(C)C. The number of nitrogens with one attached hydrogen (secondary N) is 1. The van der Waals surface area contributed by atoms with Crippen LogP contribution in [0, 0.1) is 15.5 Å². The molecule has 1 aromatic carbocycles. The maximum atomic E-state index is 11.0. The quantitative estimate of drug-likeness (QED) is 0.607. The first kappa shape index (κ1) is 16.6. The van der Waals surface area contributed by atoms with E-state index in [-0.39, 0.29) is 16.0 Å². The Morgan fingerprint density at radius 2 is 1.95 bits per heavy atom. The first-order chi connectivity index (χ1) is 9.36. The molecular weight excluding hydrogens is 252 g/mol. The van der Waals surface area contributed by atoms with Gasteiger partial charge in [-0.3, -0.25) is 10.1 Å². The van der Waals surface area contributed by atoms with Crippen molar-refractivity contribution in [3.05, 3.63) is 39.9 Å². The average molecular weight is 278 g/mol. The van der Waals surface area contributed by atoms with Crippen LogP contribution >= 0.6 is 0 Å². The molecule has 4 nitrogen and oxygen atoms in total. The van der Waals surface area contributed by atoms with Crippen LogP contribution in [0.1, 0.15) is 46.1 Å². The molecule has 0 aliphatic carbocycles. The van der Waals surface area contributed by atoms with Crippen LogP contribution in [0.25, 0.3) is 0 Å². The van der Waals surface area contributed by atoms with Crippen LogP contribution in [0.5, 0.6) is 0 Å². The van der Waals surface area contributed by atoms with Gasteiger partial charge in [0.1, 0.15) is 0 Å². The van der Waals surface area contributed by atoms with Crippen molar-refractivity contribution in [2.45, 2.75) is 53.0 Å². The highest BCUT2D eigenvalue weighted by molar-refractivity contribution is 5.39. The van der Waals surface area contributed by atoms with Gasteiger partial charge in [0, 0.05) is 17.7 Å². The third kappa shape index (κ3) is 4.93. The predicted molar refractivity (Wildman–Crippen MR) is 83.0 cm³/mol. The molecule has 0 bridgehead atoms. The van der Waals surface area contributed by atoms with Crippen molar-refractivity contribution in [3.63, 3.8) is 0 Å². The summed E-state index contributed by atoms with van der Waals surface area (Å²) < 4.78 is 0. The van der Waals surface area contributed by atoms with E-state index in [0.717, 1.165) is 31.4 Å². The Labute approximate surface area is 121 Å². The van der Waals surface area contributed by atoms with Crippen molar-refractivity contribution in [3.8, 4) is 0 Å². The number of para-hydroxylation sites is 1. The highest BCUT2D eigenvalue weighted by Crippen LogP contribution is 2.25. The van der Waals surface area contributed by atoms with Gasteiger partial charge in [0.15, 0.2) is 0 Å². The standard InChI is InChI=1S/C16H26N2O2/c1-5-17-15(16(2,3)4)12-8-10-13-9-6-7-11-14(13)18(19)20/h6-7,9,11,15,17H,5,8,10,12H2,1-4H3. The molecule has 0 aliphatic heterocycles. The molecule has 1 N–H and O–H groups in total. The van der Waals surface area contributed by atoms with Crippen LogP contribution in [0.4, 0.5) is 5.69 Å². The van der Waals surface area contributed by atoms with Crippen LogP contribution < -0.4 is 5.32 Å². The maximum Gasteiger partial charge on any atom is 0.272 e. The number of nitrogens with zero attached hydrogens (tertiary/aromatic N) is 1. The largest absolute Gasteiger partial charge is 0.314 e. The van der Waals surface area contributed by atoms with Gasteiger partial charge in [0.05, 0.1) is 4.92 Å². The van der Waals surface area contributed by atoms with Crippen LogP contribution in [-0.4, -0.2) is 17.5 Å². The summed E-state index contributed by atoms with van der Waals surface area (Å²) in [5.41, 5.74) is 1.28. The van der Waals surface area contributed by atoms with E-state index in [1.54, 1.807) is 12.1 Å². The maximum absolute atomic E-state index is 11.0. The van der Waals surface area contributed by atoms with Gasteiger partial charge in [-0.05, 0) is 31.2 Å². The van der Waals surface area contributed by atoms with E-state index in [9.17, 15) is 10.1 Å². The Kier molecular flexibility index (Phi) is 6.14. The molecule has 0 saturated heterocycles. The second kappa shape index (κ2) is 7.39. The monoisotopic (exact) mass is 278 g/mol. The van der Waals surface area contributed by atoms with Crippen molar-refractivity contribution >= 4 is 5.69 Å². The molecule has 20 heavy (non-hydrogen) atoms. The van der Waals surface area contributed by atoms with E-state index in [1.165, 1.54) is 0 Å². The summed E-state index contributed by atoms with van der Waals surface area (Å²) in [6, 6.07) is 7.47. The third-order valence-corrected chi connectivity index (χ3v) is 3.62. The number of nitro groups is 1. The Hall–Kier alpha value is -1.42. The summed E-state index contributed by atoms with van der Waals surface area (Å²) in [6.07, 6.45) is 2.75. The summed E-state index contributed by atoms with van der Waals surface area (Å²) >= 11 is 0. The van der Waals surface area contributed by atoms with Crippen molar-refractivity contribution in [1.82, 2.24) is 5.32 Å². The number of benzene rings is 1. The fourth-order valence-corrected chi connectivity index (χ4v) is 2.48. The Bertz CT molecular complexity index is 438.